The molecule has 0 bridgehead atoms. The number of nitrogens with zero attached hydrogens (tertiary/aromatic N) is 1. The Hall–Kier alpha value is -2.24. The van der Waals surface area contributed by atoms with Crippen molar-refractivity contribution in [1.29, 1.82) is 0 Å². The zero-order valence-corrected chi connectivity index (χ0v) is 14.5. The van der Waals surface area contributed by atoms with Crippen LogP contribution in [0, 0.1) is 0 Å². The SMILES string of the molecule is CCOc1ccccc1OCC(=O)N/N=C/c1ccc(Cl)cc1Cl. The molecule has 0 saturated heterocycles. The molecule has 2 aromatic rings. The monoisotopic (exact) mass is 366 g/mol. The van der Waals surface area contributed by atoms with E-state index in [1.165, 1.54) is 6.21 Å². The second-order valence-corrected chi connectivity index (χ2v) is 5.47. The number of rotatable bonds is 7. The van der Waals surface area contributed by atoms with Gasteiger partial charge in [-0.15, -0.1) is 0 Å². The van der Waals surface area contributed by atoms with E-state index in [1.807, 2.05) is 13.0 Å². The van der Waals surface area contributed by atoms with Crippen molar-refractivity contribution >= 4 is 35.3 Å². The lowest BCUT2D eigenvalue weighted by molar-refractivity contribution is -0.123. The Labute approximate surface area is 150 Å². The van der Waals surface area contributed by atoms with Crippen LogP contribution in [0.4, 0.5) is 0 Å². The molecule has 0 radical (unpaired) electrons. The highest BCUT2D eigenvalue weighted by Gasteiger charge is 2.06. The maximum atomic E-state index is 11.8. The van der Waals surface area contributed by atoms with Crippen LogP contribution >= 0.6 is 23.2 Å². The molecule has 0 unspecified atom stereocenters. The number of nitrogens with one attached hydrogen (secondary N) is 1. The van der Waals surface area contributed by atoms with Crippen molar-refractivity contribution in [2.75, 3.05) is 13.2 Å². The summed E-state index contributed by atoms with van der Waals surface area (Å²) in [6.07, 6.45) is 1.44. The van der Waals surface area contributed by atoms with Gasteiger partial charge in [-0.2, -0.15) is 5.10 Å². The fourth-order valence-corrected chi connectivity index (χ4v) is 2.26. The van der Waals surface area contributed by atoms with Crippen molar-refractivity contribution in [3.8, 4) is 11.5 Å². The molecule has 7 heteroatoms. The number of halogens is 2. The predicted molar refractivity (Wildman–Crippen MR) is 95.3 cm³/mol. The van der Waals surface area contributed by atoms with Gasteiger partial charge in [0, 0.05) is 10.6 Å². The van der Waals surface area contributed by atoms with Gasteiger partial charge in [-0.1, -0.05) is 41.4 Å². The summed E-state index contributed by atoms with van der Waals surface area (Å²) in [5, 5.41) is 4.82. The molecule has 2 aromatic carbocycles. The van der Waals surface area contributed by atoms with E-state index in [0.29, 0.717) is 33.7 Å². The summed E-state index contributed by atoms with van der Waals surface area (Å²) in [5.74, 6) is 0.686. The van der Waals surface area contributed by atoms with Crippen LogP contribution in [0.2, 0.25) is 10.0 Å². The molecule has 5 nitrogen and oxygen atoms in total. The zero-order valence-electron chi connectivity index (χ0n) is 13.0. The fourth-order valence-electron chi connectivity index (χ4n) is 1.80. The third-order valence-corrected chi connectivity index (χ3v) is 3.43. The number of benzene rings is 2. The number of para-hydroxylation sites is 2. The Balaban J connectivity index is 1.86. The first kappa shape index (κ1) is 18.1. The smallest absolute Gasteiger partial charge is 0.277 e. The van der Waals surface area contributed by atoms with Gasteiger partial charge < -0.3 is 9.47 Å². The number of hydrogen-bond acceptors (Lipinski definition) is 4. The summed E-state index contributed by atoms with van der Waals surface area (Å²) in [5.41, 5.74) is 3.01. The normalized spacial score (nSPS) is 10.6. The lowest BCUT2D eigenvalue weighted by Gasteiger charge is -2.10. The van der Waals surface area contributed by atoms with E-state index < -0.39 is 5.91 Å². The molecule has 0 fully saturated rings. The minimum Gasteiger partial charge on any atom is -0.490 e. The molecule has 126 valence electrons. The highest BCUT2D eigenvalue weighted by atomic mass is 35.5. The van der Waals surface area contributed by atoms with Gasteiger partial charge >= 0.3 is 0 Å². The number of amides is 1. The van der Waals surface area contributed by atoms with Crippen LogP contribution in [0.15, 0.2) is 47.6 Å². The van der Waals surface area contributed by atoms with Crippen molar-refractivity contribution in [2.45, 2.75) is 6.92 Å². The van der Waals surface area contributed by atoms with Crippen LogP contribution < -0.4 is 14.9 Å². The van der Waals surface area contributed by atoms with Gasteiger partial charge in [-0.3, -0.25) is 4.79 Å². The molecule has 0 aromatic heterocycles. The first-order valence-electron chi connectivity index (χ1n) is 7.21. The Bertz CT molecular complexity index is 736. The van der Waals surface area contributed by atoms with Crippen molar-refractivity contribution in [2.24, 2.45) is 5.10 Å². The fraction of sp³-hybridized carbons (Fsp3) is 0.176. The molecule has 0 heterocycles. The van der Waals surface area contributed by atoms with Crippen LogP contribution in [0.5, 0.6) is 11.5 Å². The number of carbonyl (C=O) groups excluding carboxylic acids is 1. The van der Waals surface area contributed by atoms with E-state index in [-0.39, 0.29) is 6.61 Å². The molecule has 1 N–H and O–H groups in total. The van der Waals surface area contributed by atoms with Gasteiger partial charge in [0.2, 0.25) is 0 Å². The highest BCUT2D eigenvalue weighted by Crippen LogP contribution is 2.26. The average molecular weight is 367 g/mol. The lowest BCUT2D eigenvalue weighted by atomic mass is 10.2. The van der Waals surface area contributed by atoms with Crippen LogP contribution in [-0.4, -0.2) is 25.3 Å². The number of ether oxygens (including phenoxy) is 2. The van der Waals surface area contributed by atoms with Crippen LogP contribution in [0.3, 0.4) is 0 Å². The van der Waals surface area contributed by atoms with E-state index in [2.05, 4.69) is 10.5 Å². The van der Waals surface area contributed by atoms with Crippen LogP contribution in [0.25, 0.3) is 0 Å². The van der Waals surface area contributed by atoms with Crippen LogP contribution in [0.1, 0.15) is 12.5 Å². The Morgan fingerprint density at radius 1 is 1.17 bits per heavy atom. The average Bonchev–Trinajstić information content (AvgIpc) is 2.56. The van der Waals surface area contributed by atoms with Gasteiger partial charge in [0.15, 0.2) is 18.1 Å². The Morgan fingerprint density at radius 2 is 1.88 bits per heavy atom. The molecule has 2 rings (SSSR count). The van der Waals surface area contributed by atoms with Crippen molar-refractivity contribution in [3.05, 3.63) is 58.1 Å². The summed E-state index contributed by atoms with van der Waals surface area (Å²) in [6.45, 7) is 2.20. The summed E-state index contributed by atoms with van der Waals surface area (Å²) < 4.78 is 10.9. The van der Waals surface area contributed by atoms with Crippen molar-refractivity contribution in [1.82, 2.24) is 5.43 Å². The second-order valence-electron chi connectivity index (χ2n) is 4.63. The minimum atomic E-state index is -0.400. The molecule has 0 spiro atoms. The molecule has 0 aliphatic carbocycles. The second kappa shape index (κ2) is 9.15. The van der Waals surface area contributed by atoms with Crippen molar-refractivity contribution in [3.63, 3.8) is 0 Å². The molecule has 24 heavy (non-hydrogen) atoms. The van der Waals surface area contributed by atoms with E-state index in [0.717, 1.165) is 0 Å². The molecule has 0 aliphatic heterocycles. The lowest BCUT2D eigenvalue weighted by Crippen LogP contribution is -2.24. The minimum absolute atomic E-state index is 0.185. The van der Waals surface area contributed by atoms with Gasteiger partial charge in [-0.25, -0.2) is 5.43 Å². The molecule has 0 saturated carbocycles. The Kier molecular flexibility index (Phi) is 6.90. The van der Waals surface area contributed by atoms with E-state index >= 15 is 0 Å². The topological polar surface area (TPSA) is 59.9 Å². The quantitative estimate of drug-likeness (QED) is 0.596. The van der Waals surface area contributed by atoms with E-state index in [4.69, 9.17) is 32.7 Å². The number of hydrogen-bond donors (Lipinski definition) is 1. The van der Waals surface area contributed by atoms with Gasteiger partial charge in [0.25, 0.3) is 5.91 Å². The summed E-state index contributed by atoms with van der Waals surface area (Å²) >= 11 is 11.8. The number of hydrazone groups is 1. The summed E-state index contributed by atoms with van der Waals surface area (Å²) in [7, 11) is 0. The predicted octanol–water partition coefficient (Wildman–Crippen LogP) is 3.92. The first-order valence-corrected chi connectivity index (χ1v) is 7.97. The third-order valence-electron chi connectivity index (χ3n) is 2.86. The van der Waals surface area contributed by atoms with Crippen molar-refractivity contribution < 1.29 is 14.3 Å². The molecular formula is C17H16Cl2N2O3. The molecular weight excluding hydrogens is 351 g/mol. The third kappa shape index (κ3) is 5.44. The standard InChI is InChI=1S/C17H16Cl2N2O3/c1-2-23-15-5-3-4-6-16(15)24-11-17(22)21-20-10-12-7-8-13(18)9-14(12)19/h3-10H,2,11H2,1H3,(H,21,22)/b20-10+. The highest BCUT2D eigenvalue weighted by molar-refractivity contribution is 6.36. The van der Waals surface area contributed by atoms with Crippen LogP contribution in [-0.2, 0) is 4.79 Å². The Morgan fingerprint density at radius 3 is 2.54 bits per heavy atom. The largest absolute Gasteiger partial charge is 0.490 e. The zero-order chi connectivity index (χ0) is 17.4. The maximum Gasteiger partial charge on any atom is 0.277 e. The summed E-state index contributed by atoms with van der Waals surface area (Å²) in [6, 6.07) is 12.1. The van der Waals surface area contributed by atoms with Gasteiger partial charge in [0.05, 0.1) is 17.8 Å². The first-order chi connectivity index (χ1) is 11.6. The molecule has 0 atom stereocenters. The van der Waals surface area contributed by atoms with Gasteiger partial charge in [-0.05, 0) is 31.2 Å². The molecule has 0 aliphatic rings. The maximum absolute atomic E-state index is 11.8. The number of carbonyl (C=O) groups is 1. The summed E-state index contributed by atoms with van der Waals surface area (Å²) in [4.78, 5) is 11.8. The van der Waals surface area contributed by atoms with E-state index in [9.17, 15) is 4.79 Å². The van der Waals surface area contributed by atoms with Gasteiger partial charge in [0.1, 0.15) is 0 Å². The van der Waals surface area contributed by atoms with E-state index in [1.54, 1.807) is 36.4 Å². The molecule has 1 amide bonds.